The van der Waals surface area contributed by atoms with Crippen LogP contribution in [0.2, 0.25) is 0 Å². The summed E-state index contributed by atoms with van der Waals surface area (Å²) in [7, 11) is 0. The fourth-order valence-electron chi connectivity index (χ4n) is 1.95. The molecule has 0 aromatic rings. The van der Waals surface area contributed by atoms with Crippen LogP contribution in [0.4, 0.5) is 4.79 Å². The molecule has 6 nitrogen and oxygen atoms in total. The van der Waals surface area contributed by atoms with E-state index in [0.29, 0.717) is 19.5 Å². The zero-order chi connectivity index (χ0) is 13.8. The number of nitrogens with two attached hydrogens (primary N) is 1. The minimum Gasteiger partial charge on any atom is -0.481 e. The number of hydrogen-bond donors (Lipinski definition) is 3. The van der Waals surface area contributed by atoms with Crippen molar-refractivity contribution in [2.45, 2.75) is 51.1 Å². The van der Waals surface area contributed by atoms with Crippen molar-refractivity contribution < 1.29 is 14.7 Å². The van der Waals surface area contributed by atoms with Gasteiger partial charge in [0, 0.05) is 31.1 Å². The molecule has 1 fully saturated rings. The monoisotopic (exact) mass is 257 g/mol. The standard InChI is InChI=1S/C12H23N3O3/c1-12(2,6-3-10(16)17)14-11(18)15-7-4-9(13)5-8-15/h9H,3-8,13H2,1-2H3,(H,14,18)(H,16,17). The molecule has 0 radical (unpaired) electrons. The zero-order valence-electron chi connectivity index (χ0n) is 11.1. The summed E-state index contributed by atoms with van der Waals surface area (Å²) in [5, 5.41) is 11.5. The van der Waals surface area contributed by atoms with E-state index in [1.165, 1.54) is 0 Å². The average Bonchev–Trinajstić information content (AvgIpc) is 2.27. The number of piperidine rings is 1. The molecule has 0 atom stereocenters. The van der Waals surface area contributed by atoms with Crippen molar-refractivity contribution in [2.24, 2.45) is 5.73 Å². The Kier molecular flexibility index (Phi) is 4.95. The molecular formula is C12H23N3O3. The lowest BCUT2D eigenvalue weighted by Gasteiger charge is -2.34. The quantitative estimate of drug-likeness (QED) is 0.693. The molecule has 0 unspecified atom stereocenters. The van der Waals surface area contributed by atoms with Gasteiger partial charge in [-0.15, -0.1) is 0 Å². The molecule has 1 heterocycles. The van der Waals surface area contributed by atoms with Crippen LogP contribution in [0.25, 0.3) is 0 Å². The normalized spacial score (nSPS) is 17.6. The summed E-state index contributed by atoms with van der Waals surface area (Å²) in [6, 6.07) is 0.0614. The Bertz CT molecular complexity index is 310. The van der Waals surface area contributed by atoms with Gasteiger partial charge in [-0.3, -0.25) is 4.79 Å². The topological polar surface area (TPSA) is 95.7 Å². The maximum Gasteiger partial charge on any atom is 0.317 e. The van der Waals surface area contributed by atoms with Crippen molar-refractivity contribution in [3.8, 4) is 0 Å². The van der Waals surface area contributed by atoms with Gasteiger partial charge in [0.25, 0.3) is 0 Å². The van der Waals surface area contributed by atoms with Gasteiger partial charge in [-0.2, -0.15) is 0 Å². The van der Waals surface area contributed by atoms with Crippen molar-refractivity contribution in [3.63, 3.8) is 0 Å². The number of carboxylic acids is 1. The van der Waals surface area contributed by atoms with Gasteiger partial charge in [0.15, 0.2) is 0 Å². The number of carbonyl (C=O) groups excluding carboxylic acids is 1. The minimum absolute atomic E-state index is 0.0537. The van der Waals surface area contributed by atoms with Crippen LogP contribution in [0.3, 0.4) is 0 Å². The second-order valence-corrected chi connectivity index (χ2v) is 5.53. The van der Waals surface area contributed by atoms with Gasteiger partial charge >= 0.3 is 12.0 Å². The third-order valence-electron chi connectivity index (χ3n) is 3.24. The summed E-state index contributed by atoms with van der Waals surface area (Å²) in [6.07, 6.45) is 2.12. The van der Waals surface area contributed by atoms with Crippen LogP contribution in [0.5, 0.6) is 0 Å². The van der Waals surface area contributed by atoms with Crippen molar-refractivity contribution in [1.82, 2.24) is 10.2 Å². The zero-order valence-corrected chi connectivity index (χ0v) is 11.1. The molecule has 0 spiro atoms. The van der Waals surface area contributed by atoms with Crippen LogP contribution in [-0.4, -0.2) is 46.7 Å². The van der Waals surface area contributed by atoms with Crippen LogP contribution >= 0.6 is 0 Å². The van der Waals surface area contributed by atoms with Crippen LogP contribution < -0.4 is 11.1 Å². The number of nitrogens with zero attached hydrogens (tertiary/aromatic N) is 1. The highest BCUT2D eigenvalue weighted by Gasteiger charge is 2.26. The van der Waals surface area contributed by atoms with Gasteiger partial charge in [-0.1, -0.05) is 0 Å². The number of urea groups is 1. The number of amides is 2. The summed E-state index contributed by atoms with van der Waals surface area (Å²) < 4.78 is 0. The molecule has 0 aromatic carbocycles. The third-order valence-corrected chi connectivity index (χ3v) is 3.24. The highest BCUT2D eigenvalue weighted by Crippen LogP contribution is 2.14. The molecular weight excluding hydrogens is 234 g/mol. The van der Waals surface area contributed by atoms with Crippen molar-refractivity contribution in [3.05, 3.63) is 0 Å². The Labute approximate surface area is 108 Å². The summed E-state index contributed by atoms with van der Waals surface area (Å²) in [4.78, 5) is 24.3. The molecule has 1 aliphatic heterocycles. The molecule has 1 saturated heterocycles. The van der Waals surface area contributed by atoms with Gasteiger partial charge in [0.05, 0.1) is 0 Å². The van der Waals surface area contributed by atoms with Gasteiger partial charge < -0.3 is 21.1 Å². The summed E-state index contributed by atoms with van der Waals surface area (Å²) in [5.41, 5.74) is 5.28. The number of carbonyl (C=O) groups is 2. The van der Waals surface area contributed by atoms with Crippen molar-refractivity contribution in [1.29, 1.82) is 0 Å². The molecule has 1 aliphatic rings. The first-order valence-electron chi connectivity index (χ1n) is 6.34. The number of hydrogen-bond acceptors (Lipinski definition) is 3. The van der Waals surface area contributed by atoms with Gasteiger partial charge in [-0.05, 0) is 33.1 Å². The summed E-state index contributed by atoms with van der Waals surface area (Å²) in [5.74, 6) is -0.846. The molecule has 1 rings (SSSR count). The van der Waals surface area contributed by atoms with Crippen molar-refractivity contribution >= 4 is 12.0 Å². The lowest BCUT2D eigenvalue weighted by Crippen LogP contribution is -2.53. The second-order valence-electron chi connectivity index (χ2n) is 5.53. The molecule has 4 N–H and O–H groups in total. The van der Waals surface area contributed by atoms with Crippen LogP contribution in [0, 0.1) is 0 Å². The van der Waals surface area contributed by atoms with E-state index in [0.717, 1.165) is 12.8 Å². The maximum absolute atomic E-state index is 12.0. The summed E-state index contributed by atoms with van der Waals surface area (Å²) >= 11 is 0. The lowest BCUT2D eigenvalue weighted by molar-refractivity contribution is -0.137. The summed E-state index contributed by atoms with van der Waals surface area (Å²) in [6.45, 7) is 5.01. The Morgan fingerprint density at radius 2 is 1.94 bits per heavy atom. The Morgan fingerprint density at radius 1 is 1.39 bits per heavy atom. The number of likely N-dealkylation sites (tertiary alicyclic amines) is 1. The van der Waals surface area contributed by atoms with Crippen LogP contribution in [0.15, 0.2) is 0 Å². The largest absolute Gasteiger partial charge is 0.481 e. The molecule has 18 heavy (non-hydrogen) atoms. The van der Waals surface area contributed by atoms with E-state index in [4.69, 9.17) is 10.8 Å². The molecule has 0 bridgehead atoms. The van der Waals surface area contributed by atoms with Gasteiger partial charge in [0.2, 0.25) is 0 Å². The smallest absolute Gasteiger partial charge is 0.317 e. The predicted octanol–water partition coefficient (Wildman–Crippen LogP) is 0.763. The number of carboxylic acid groups (broad SMARTS) is 1. The van der Waals surface area contributed by atoms with Gasteiger partial charge in [-0.25, -0.2) is 4.79 Å². The minimum atomic E-state index is -0.846. The highest BCUT2D eigenvalue weighted by atomic mass is 16.4. The van der Waals surface area contributed by atoms with E-state index in [-0.39, 0.29) is 18.5 Å². The average molecular weight is 257 g/mol. The molecule has 2 amide bonds. The van der Waals surface area contributed by atoms with E-state index >= 15 is 0 Å². The van der Waals surface area contributed by atoms with E-state index in [2.05, 4.69) is 5.32 Å². The first kappa shape index (κ1) is 14.8. The van der Waals surface area contributed by atoms with Crippen LogP contribution in [-0.2, 0) is 4.79 Å². The number of aliphatic carboxylic acids is 1. The number of rotatable bonds is 4. The number of nitrogens with one attached hydrogen (secondary N) is 1. The highest BCUT2D eigenvalue weighted by molar-refractivity contribution is 5.75. The Morgan fingerprint density at radius 3 is 2.44 bits per heavy atom. The molecule has 0 aromatic heterocycles. The first-order valence-corrected chi connectivity index (χ1v) is 6.34. The Hall–Kier alpha value is -1.30. The van der Waals surface area contributed by atoms with E-state index in [1.807, 2.05) is 13.8 Å². The molecule has 104 valence electrons. The second kappa shape index (κ2) is 6.04. The van der Waals surface area contributed by atoms with Crippen molar-refractivity contribution in [2.75, 3.05) is 13.1 Å². The molecule has 6 heteroatoms. The molecule has 0 aliphatic carbocycles. The van der Waals surface area contributed by atoms with Gasteiger partial charge in [0.1, 0.15) is 0 Å². The van der Waals surface area contributed by atoms with E-state index in [9.17, 15) is 9.59 Å². The Balaban J connectivity index is 2.40. The fourth-order valence-corrected chi connectivity index (χ4v) is 1.95. The van der Waals surface area contributed by atoms with Crippen LogP contribution in [0.1, 0.15) is 39.5 Å². The third kappa shape index (κ3) is 4.91. The fraction of sp³-hybridized carbons (Fsp3) is 0.833. The SMILES string of the molecule is CC(C)(CCC(=O)O)NC(=O)N1CCC(N)CC1. The first-order chi connectivity index (χ1) is 8.30. The molecule has 0 saturated carbocycles. The predicted molar refractivity (Wildman–Crippen MR) is 68.3 cm³/mol. The van der Waals surface area contributed by atoms with E-state index in [1.54, 1.807) is 4.90 Å². The van der Waals surface area contributed by atoms with E-state index < -0.39 is 11.5 Å². The maximum atomic E-state index is 12.0. The lowest BCUT2D eigenvalue weighted by atomic mass is 9.98.